The Kier molecular flexibility index (Phi) is 4.12. The number of nitrogens with one attached hydrogen (secondary N) is 1. The fourth-order valence-corrected chi connectivity index (χ4v) is 2.98. The molecular weight excluding hydrogens is 299 g/mol. The van der Waals surface area contributed by atoms with E-state index in [1.54, 1.807) is 0 Å². The molecule has 0 aliphatic carbocycles. The first-order valence-electron chi connectivity index (χ1n) is 7.45. The number of alkyl halides is 3. The van der Waals surface area contributed by atoms with Gasteiger partial charge in [-0.05, 0) is 19.3 Å². The Morgan fingerprint density at radius 3 is 2.73 bits per heavy atom. The molecule has 3 rings (SSSR count). The lowest BCUT2D eigenvalue weighted by Gasteiger charge is -2.28. The van der Waals surface area contributed by atoms with Crippen LogP contribution in [0.2, 0.25) is 0 Å². The van der Waals surface area contributed by atoms with Crippen molar-refractivity contribution in [1.82, 2.24) is 14.9 Å². The van der Waals surface area contributed by atoms with Gasteiger partial charge in [-0.3, -0.25) is 4.79 Å². The van der Waals surface area contributed by atoms with Crippen LogP contribution in [-0.4, -0.2) is 34.7 Å². The van der Waals surface area contributed by atoms with Crippen LogP contribution in [0.25, 0.3) is 0 Å². The summed E-state index contributed by atoms with van der Waals surface area (Å²) in [5.41, 5.74) is -0.862. The second kappa shape index (κ2) is 5.91. The van der Waals surface area contributed by atoms with Crippen LogP contribution >= 0.6 is 0 Å². The Bertz CT molecular complexity index is 550. The molecule has 1 aromatic heterocycles. The SMILES string of the molecule is O=C(NC1CCc2nc(C(F)(F)F)cn2C1)C1CCOCC1. The summed E-state index contributed by atoms with van der Waals surface area (Å²) in [6.45, 7) is 1.51. The minimum Gasteiger partial charge on any atom is -0.381 e. The highest BCUT2D eigenvalue weighted by atomic mass is 19.4. The Morgan fingerprint density at radius 2 is 2.05 bits per heavy atom. The number of hydrogen-bond acceptors (Lipinski definition) is 3. The van der Waals surface area contributed by atoms with Gasteiger partial charge in [-0.1, -0.05) is 0 Å². The molecule has 2 aliphatic heterocycles. The Labute approximate surface area is 125 Å². The number of nitrogens with zero attached hydrogens (tertiary/aromatic N) is 2. The highest BCUT2D eigenvalue weighted by Crippen LogP contribution is 2.29. The number of rotatable bonds is 2. The second-order valence-corrected chi connectivity index (χ2v) is 5.82. The molecule has 1 fully saturated rings. The predicted octanol–water partition coefficient (Wildman–Crippen LogP) is 1.76. The highest BCUT2D eigenvalue weighted by molar-refractivity contribution is 5.79. The van der Waals surface area contributed by atoms with Crippen molar-refractivity contribution in [3.05, 3.63) is 17.7 Å². The van der Waals surface area contributed by atoms with Gasteiger partial charge >= 0.3 is 6.18 Å². The number of amides is 1. The van der Waals surface area contributed by atoms with Crippen LogP contribution in [0.5, 0.6) is 0 Å². The summed E-state index contributed by atoms with van der Waals surface area (Å²) >= 11 is 0. The largest absolute Gasteiger partial charge is 0.434 e. The van der Waals surface area contributed by atoms with E-state index in [1.807, 2.05) is 0 Å². The van der Waals surface area contributed by atoms with E-state index in [0.29, 0.717) is 51.3 Å². The average molecular weight is 317 g/mol. The van der Waals surface area contributed by atoms with E-state index >= 15 is 0 Å². The fourth-order valence-electron chi connectivity index (χ4n) is 2.98. The number of aryl methyl sites for hydroxylation is 1. The molecule has 22 heavy (non-hydrogen) atoms. The molecule has 1 aromatic rings. The van der Waals surface area contributed by atoms with Crippen molar-refractivity contribution in [3.63, 3.8) is 0 Å². The van der Waals surface area contributed by atoms with Gasteiger partial charge in [-0.2, -0.15) is 13.2 Å². The van der Waals surface area contributed by atoms with Gasteiger partial charge in [-0.25, -0.2) is 4.98 Å². The maximum atomic E-state index is 12.7. The molecule has 8 heteroatoms. The van der Waals surface area contributed by atoms with Gasteiger partial charge in [-0.15, -0.1) is 0 Å². The summed E-state index contributed by atoms with van der Waals surface area (Å²) < 4.78 is 44.7. The van der Waals surface area contributed by atoms with Crippen molar-refractivity contribution in [3.8, 4) is 0 Å². The Morgan fingerprint density at radius 1 is 1.32 bits per heavy atom. The maximum absolute atomic E-state index is 12.7. The Hall–Kier alpha value is -1.57. The quantitative estimate of drug-likeness (QED) is 0.904. The van der Waals surface area contributed by atoms with Crippen LogP contribution in [0, 0.1) is 5.92 Å². The first-order valence-corrected chi connectivity index (χ1v) is 7.45. The number of carbonyl (C=O) groups excluding carboxylic acids is 1. The average Bonchev–Trinajstić information content (AvgIpc) is 2.91. The number of imidazole rings is 1. The zero-order chi connectivity index (χ0) is 15.7. The van der Waals surface area contributed by atoms with E-state index < -0.39 is 11.9 Å². The molecule has 5 nitrogen and oxygen atoms in total. The van der Waals surface area contributed by atoms with Crippen molar-refractivity contribution in [1.29, 1.82) is 0 Å². The summed E-state index contributed by atoms with van der Waals surface area (Å²) in [5, 5.41) is 2.95. The molecule has 0 spiro atoms. The second-order valence-electron chi connectivity index (χ2n) is 5.82. The molecule has 122 valence electrons. The predicted molar refractivity (Wildman–Crippen MR) is 71.0 cm³/mol. The van der Waals surface area contributed by atoms with Crippen molar-refractivity contribution >= 4 is 5.91 Å². The molecule has 2 aliphatic rings. The lowest BCUT2D eigenvalue weighted by Crippen LogP contribution is -2.44. The van der Waals surface area contributed by atoms with Crippen LogP contribution < -0.4 is 5.32 Å². The van der Waals surface area contributed by atoms with Gasteiger partial charge in [0.2, 0.25) is 5.91 Å². The number of fused-ring (bicyclic) bond motifs is 1. The van der Waals surface area contributed by atoms with Crippen LogP contribution in [-0.2, 0) is 28.7 Å². The number of ether oxygens (including phenoxy) is 1. The minimum atomic E-state index is -4.43. The van der Waals surface area contributed by atoms with E-state index in [4.69, 9.17) is 4.74 Å². The van der Waals surface area contributed by atoms with Crippen LogP contribution in [0.15, 0.2) is 6.20 Å². The van der Waals surface area contributed by atoms with Crippen molar-refractivity contribution < 1.29 is 22.7 Å². The van der Waals surface area contributed by atoms with Gasteiger partial charge in [0.15, 0.2) is 5.69 Å². The van der Waals surface area contributed by atoms with Crippen LogP contribution in [0.4, 0.5) is 13.2 Å². The zero-order valence-electron chi connectivity index (χ0n) is 12.0. The smallest absolute Gasteiger partial charge is 0.381 e. The summed E-state index contributed by atoms with van der Waals surface area (Å²) in [4.78, 5) is 15.8. The molecular formula is C14H18F3N3O2. The van der Waals surface area contributed by atoms with E-state index in [0.717, 1.165) is 6.20 Å². The summed E-state index contributed by atoms with van der Waals surface area (Å²) in [5.74, 6) is 0.362. The van der Waals surface area contributed by atoms with Gasteiger partial charge in [0, 0.05) is 44.3 Å². The van der Waals surface area contributed by atoms with Gasteiger partial charge in [0.1, 0.15) is 5.82 Å². The molecule has 0 bridgehead atoms. The van der Waals surface area contributed by atoms with Crippen molar-refractivity contribution in [2.24, 2.45) is 5.92 Å². The number of halogens is 3. The lowest BCUT2D eigenvalue weighted by atomic mass is 9.98. The molecule has 1 unspecified atom stereocenters. The van der Waals surface area contributed by atoms with Gasteiger partial charge in [0.05, 0.1) is 0 Å². The summed E-state index contributed by atoms with van der Waals surface area (Å²) in [6.07, 6.45) is -0.939. The maximum Gasteiger partial charge on any atom is 0.434 e. The minimum absolute atomic E-state index is 0.0205. The standard InChI is InChI=1S/C14H18F3N3O2/c15-14(16,17)11-8-20-7-10(1-2-12(20)19-11)18-13(21)9-3-5-22-6-4-9/h8-10H,1-7H2,(H,18,21). The topological polar surface area (TPSA) is 56.2 Å². The normalized spacial score (nSPS) is 23.1. The third-order valence-corrected chi connectivity index (χ3v) is 4.22. The molecule has 1 saturated heterocycles. The van der Waals surface area contributed by atoms with E-state index in [2.05, 4.69) is 10.3 Å². The zero-order valence-corrected chi connectivity index (χ0v) is 12.0. The lowest BCUT2D eigenvalue weighted by molar-refractivity contribution is -0.141. The number of hydrogen-bond donors (Lipinski definition) is 1. The first-order chi connectivity index (χ1) is 10.4. The molecule has 1 N–H and O–H groups in total. The molecule has 1 atom stereocenters. The van der Waals surface area contributed by atoms with Crippen molar-refractivity contribution in [2.45, 2.75) is 44.4 Å². The highest BCUT2D eigenvalue weighted by Gasteiger charge is 2.36. The summed E-state index contributed by atoms with van der Waals surface area (Å²) in [7, 11) is 0. The molecule has 0 radical (unpaired) electrons. The van der Waals surface area contributed by atoms with E-state index in [1.165, 1.54) is 4.57 Å². The number of aromatic nitrogens is 2. The van der Waals surface area contributed by atoms with Crippen LogP contribution in [0.3, 0.4) is 0 Å². The van der Waals surface area contributed by atoms with E-state index in [-0.39, 0.29) is 17.9 Å². The first kappa shape index (κ1) is 15.3. The fraction of sp³-hybridized carbons (Fsp3) is 0.714. The van der Waals surface area contributed by atoms with Crippen molar-refractivity contribution in [2.75, 3.05) is 13.2 Å². The molecule has 0 aromatic carbocycles. The van der Waals surface area contributed by atoms with Gasteiger partial charge in [0.25, 0.3) is 0 Å². The molecule has 0 saturated carbocycles. The van der Waals surface area contributed by atoms with E-state index in [9.17, 15) is 18.0 Å². The Balaban J connectivity index is 1.61. The molecule has 1 amide bonds. The van der Waals surface area contributed by atoms with Crippen LogP contribution in [0.1, 0.15) is 30.8 Å². The monoisotopic (exact) mass is 317 g/mol. The molecule has 3 heterocycles. The third kappa shape index (κ3) is 3.26. The third-order valence-electron chi connectivity index (χ3n) is 4.22. The number of carbonyl (C=O) groups is 1. The summed E-state index contributed by atoms with van der Waals surface area (Å²) in [6, 6.07) is -0.141. The van der Waals surface area contributed by atoms with Gasteiger partial charge < -0.3 is 14.6 Å².